The number of aromatic nitrogens is 1. The monoisotopic (exact) mass is 345 g/mol. The van der Waals surface area contributed by atoms with Crippen LogP contribution in [0.15, 0.2) is 23.3 Å². The van der Waals surface area contributed by atoms with Gasteiger partial charge in [0.15, 0.2) is 5.96 Å². The number of nitrogens with one attached hydrogen (secondary N) is 3. The van der Waals surface area contributed by atoms with Crippen molar-refractivity contribution in [1.29, 1.82) is 0 Å². The second-order valence-electron chi connectivity index (χ2n) is 5.42. The van der Waals surface area contributed by atoms with E-state index in [2.05, 4.69) is 39.8 Å². The third-order valence-electron chi connectivity index (χ3n) is 3.34. The average Bonchev–Trinajstić information content (AvgIpc) is 2.54. The number of halogens is 3. The molecule has 1 atom stereocenters. The first kappa shape index (κ1) is 20.1. The summed E-state index contributed by atoms with van der Waals surface area (Å²) in [6, 6.07) is 2.70. The van der Waals surface area contributed by atoms with Crippen molar-refractivity contribution in [2.75, 3.05) is 25.0 Å². The molecule has 24 heavy (non-hydrogen) atoms. The van der Waals surface area contributed by atoms with Gasteiger partial charge in [0.2, 0.25) is 0 Å². The van der Waals surface area contributed by atoms with Gasteiger partial charge in [0, 0.05) is 31.9 Å². The molecule has 1 heterocycles. The van der Waals surface area contributed by atoms with Crippen LogP contribution >= 0.6 is 0 Å². The van der Waals surface area contributed by atoms with E-state index < -0.39 is 11.7 Å². The smallest absolute Gasteiger partial charge is 0.370 e. The molecule has 5 nitrogen and oxygen atoms in total. The summed E-state index contributed by atoms with van der Waals surface area (Å²) in [6.07, 6.45) is -1.77. The van der Waals surface area contributed by atoms with E-state index >= 15 is 0 Å². The van der Waals surface area contributed by atoms with Crippen molar-refractivity contribution in [3.8, 4) is 0 Å². The molecule has 3 N–H and O–H groups in total. The van der Waals surface area contributed by atoms with Gasteiger partial charge in [-0.3, -0.25) is 4.99 Å². The van der Waals surface area contributed by atoms with Crippen molar-refractivity contribution in [3.63, 3.8) is 0 Å². The molecule has 136 valence electrons. The molecular weight excluding hydrogens is 319 g/mol. The van der Waals surface area contributed by atoms with Gasteiger partial charge < -0.3 is 16.0 Å². The molecule has 0 amide bonds. The van der Waals surface area contributed by atoms with Crippen LogP contribution in [0.1, 0.15) is 39.2 Å². The van der Waals surface area contributed by atoms with E-state index in [0.29, 0.717) is 24.9 Å². The third-order valence-corrected chi connectivity index (χ3v) is 3.34. The Balaban J connectivity index is 2.37. The molecule has 1 unspecified atom stereocenters. The van der Waals surface area contributed by atoms with Crippen LogP contribution in [0.25, 0.3) is 0 Å². The maximum absolute atomic E-state index is 12.4. The quantitative estimate of drug-likeness (QED) is 0.384. The summed E-state index contributed by atoms with van der Waals surface area (Å²) in [6.45, 7) is 8.18. The molecule has 0 aromatic carbocycles. The molecule has 0 saturated carbocycles. The molecule has 1 rings (SSSR count). The van der Waals surface area contributed by atoms with Crippen LogP contribution in [0, 0.1) is 0 Å². The van der Waals surface area contributed by atoms with E-state index in [1.165, 1.54) is 6.07 Å². The maximum atomic E-state index is 12.4. The van der Waals surface area contributed by atoms with Crippen LogP contribution in [0.5, 0.6) is 0 Å². The Kier molecular flexibility index (Phi) is 8.35. The number of hydrogen-bond donors (Lipinski definition) is 3. The predicted molar refractivity (Wildman–Crippen MR) is 91.2 cm³/mol. The van der Waals surface area contributed by atoms with Gasteiger partial charge in [0.25, 0.3) is 0 Å². The summed E-state index contributed by atoms with van der Waals surface area (Å²) in [5.41, 5.74) is -0.746. The predicted octanol–water partition coefficient (Wildman–Crippen LogP) is 3.26. The fourth-order valence-corrected chi connectivity index (χ4v) is 1.81. The number of rotatable bonds is 8. The molecule has 0 saturated heterocycles. The number of alkyl halides is 3. The lowest BCUT2D eigenvalue weighted by atomic mass is 10.3. The highest BCUT2D eigenvalue weighted by molar-refractivity contribution is 5.80. The van der Waals surface area contributed by atoms with Gasteiger partial charge in [0.05, 0.1) is 5.56 Å². The van der Waals surface area contributed by atoms with E-state index in [4.69, 9.17) is 0 Å². The first-order valence-electron chi connectivity index (χ1n) is 8.18. The van der Waals surface area contributed by atoms with E-state index in [1.807, 2.05) is 6.92 Å². The van der Waals surface area contributed by atoms with Gasteiger partial charge >= 0.3 is 6.18 Å². The Morgan fingerprint density at radius 1 is 1.29 bits per heavy atom. The summed E-state index contributed by atoms with van der Waals surface area (Å²) < 4.78 is 37.3. The minimum absolute atomic E-state index is 0.345. The number of aliphatic imine (C=N–C) groups is 1. The van der Waals surface area contributed by atoms with Crippen molar-refractivity contribution >= 4 is 11.8 Å². The van der Waals surface area contributed by atoms with E-state index in [1.54, 1.807) is 0 Å². The lowest BCUT2D eigenvalue weighted by Gasteiger charge is -2.16. The summed E-state index contributed by atoms with van der Waals surface area (Å²) >= 11 is 0. The summed E-state index contributed by atoms with van der Waals surface area (Å²) in [5.74, 6) is 1.20. The Morgan fingerprint density at radius 2 is 2.04 bits per heavy atom. The molecule has 0 aliphatic heterocycles. The van der Waals surface area contributed by atoms with Crippen molar-refractivity contribution < 1.29 is 13.2 Å². The fourth-order valence-electron chi connectivity index (χ4n) is 1.81. The van der Waals surface area contributed by atoms with Crippen molar-refractivity contribution in [2.45, 2.75) is 45.8 Å². The molecule has 0 aliphatic carbocycles. The zero-order valence-electron chi connectivity index (χ0n) is 14.4. The molecule has 0 radical (unpaired) electrons. The number of anilines is 1. The highest BCUT2D eigenvalue weighted by atomic mass is 19.4. The average molecular weight is 345 g/mol. The zero-order valence-corrected chi connectivity index (χ0v) is 14.4. The van der Waals surface area contributed by atoms with E-state index in [9.17, 15) is 13.2 Å². The van der Waals surface area contributed by atoms with Crippen LogP contribution < -0.4 is 16.0 Å². The highest BCUT2D eigenvalue weighted by Crippen LogP contribution is 2.28. The van der Waals surface area contributed by atoms with Crippen molar-refractivity contribution in [1.82, 2.24) is 15.6 Å². The van der Waals surface area contributed by atoms with Gasteiger partial charge in [0.1, 0.15) is 5.82 Å². The third kappa shape index (κ3) is 7.52. The number of pyridine rings is 1. The first-order valence-corrected chi connectivity index (χ1v) is 8.18. The summed E-state index contributed by atoms with van der Waals surface area (Å²) in [5, 5.41) is 9.46. The van der Waals surface area contributed by atoms with Crippen LogP contribution in [0.4, 0.5) is 19.0 Å². The molecule has 0 bridgehead atoms. The van der Waals surface area contributed by atoms with Gasteiger partial charge in [-0.25, -0.2) is 4.98 Å². The van der Waals surface area contributed by atoms with E-state index in [-0.39, 0.29) is 0 Å². The Hall–Kier alpha value is -1.99. The Bertz CT molecular complexity index is 499. The fraction of sp³-hybridized carbons (Fsp3) is 0.625. The Morgan fingerprint density at radius 3 is 2.58 bits per heavy atom. The minimum Gasteiger partial charge on any atom is -0.370 e. The topological polar surface area (TPSA) is 61.3 Å². The molecule has 1 aromatic rings. The van der Waals surface area contributed by atoms with E-state index in [0.717, 1.165) is 37.6 Å². The summed E-state index contributed by atoms with van der Waals surface area (Å²) in [7, 11) is 0. The first-order chi connectivity index (χ1) is 11.4. The second kappa shape index (κ2) is 10.00. The van der Waals surface area contributed by atoms with Crippen LogP contribution in [-0.4, -0.2) is 36.6 Å². The van der Waals surface area contributed by atoms with Crippen LogP contribution in [0.3, 0.4) is 0 Å². The van der Waals surface area contributed by atoms with Crippen molar-refractivity contribution in [3.05, 3.63) is 23.9 Å². The molecule has 0 spiro atoms. The van der Waals surface area contributed by atoms with Gasteiger partial charge in [-0.2, -0.15) is 13.2 Å². The normalized spacial score (nSPS) is 13.5. The molecule has 1 aromatic heterocycles. The minimum atomic E-state index is -4.36. The lowest BCUT2D eigenvalue weighted by molar-refractivity contribution is -0.137. The van der Waals surface area contributed by atoms with Crippen molar-refractivity contribution in [2.24, 2.45) is 4.99 Å². The molecule has 0 fully saturated rings. The SMILES string of the molecule is CCNC(=NCCCNc1ccc(C(F)(F)F)cn1)NC(C)CC. The molecule has 0 aliphatic rings. The van der Waals surface area contributed by atoms with Crippen LogP contribution in [0.2, 0.25) is 0 Å². The zero-order chi connectivity index (χ0) is 18.0. The molecule has 8 heteroatoms. The van der Waals surface area contributed by atoms with Gasteiger partial charge in [-0.15, -0.1) is 0 Å². The molecular formula is C16H26F3N5. The maximum Gasteiger partial charge on any atom is 0.417 e. The van der Waals surface area contributed by atoms with Crippen LogP contribution in [-0.2, 0) is 6.18 Å². The number of guanidine groups is 1. The number of hydrogen-bond acceptors (Lipinski definition) is 3. The second-order valence-corrected chi connectivity index (χ2v) is 5.42. The Labute approximate surface area is 141 Å². The van der Waals surface area contributed by atoms with Gasteiger partial charge in [-0.05, 0) is 38.8 Å². The highest BCUT2D eigenvalue weighted by Gasteiger charge is 2.30. The summed E-state index contributed by atoms with van der Waals surface area (Å²) in [4.78, 5) is 8.23. The standard InChI is InChI=1S/C16H26F3N5/c1-4-12(3)24-15(20-5-2)22-10-6-9-21-14-8-7-13(11-23-14)16(17,18)19/h7-8,11-12H,4-6,9-10H2,1-3H3,(H,21,23)(H2,20,22,24). The largest absolute Gasteiger partial charge is 0.417 e. The number of nitrogens with zero attached hydrogens (tertiary/aromatic N) is 2. The lowest BCUT2D eigenvalue weighted by Crippen LogP contribution is -2.42. The van der Waals surface area contributed by atoms with Gasteiger partial charge in [-0.1, -0.05) is 6.92 Å².